The van der Waals surface area contributed by atoms with Gasteiger partial charge in [-0.2, -0.15) is 10.2 Å². The lowest BCUT2D eigenvalue weighted by atomic mass is 9.98. The number of nitrogens with two attached hydrogens (primary N) is 1. The Morgan fingerprint density at radius 1 is 1.25 bits per heavy atom. The summed E-state index contributed by atoms with van der Waals surface area (Å²) in [5.41, 5.74) is 9.56. The Kier molecular flexibility index (Phi) is 8.29. The highest BCUT2D eigenvalue weighted by atomic mass is 16.5. The van der Waals surface area contributed by atoms with Crippen molar-refractivity contribution < 1.29 is 14.3 Å². The van der Waals surface area contributed by atoms with Crippen LogP contribution in [-0.4, -0.2) is 57.3 Å². The lowest BCUT2D eigenvalue weighted by Crippen LogP contribution is -2.14. The second-order valence-electron chi connectivity index (χ2n) is 7.18. The second-order valence-corrected chi connectivity index (χ2v) is 7.18. The van der Waals surface area contributed by atoms with Crippen LogP contribution in [0.15, 0.2) is 18.2 Å². The quantitative estimate of drug-likeness (QED) is 0.264. The number of nitrogens with zero attached hydrogens (tertiary/aromatic N) is 5. The van der Waals surface area contributed by atoms with Crippen LogP contribution in [-0.2, 0) is 28.8 Å². The maximum absolute atomic E-state index is 10.6. The third-order valence-electron chi connectivity index (χ3n) is 4.92. The molecule has 0 aliphatic rings. The van der Waals surface area contributed by atoms with Gasteiger partial charge in [0.05, 0.1) is 19.4 Å². The lowest BCUT2D eigenvalue weighted by Gasteiger charge is -2.17. The number of anilines is 2. The summed E-state index contributed by atoms with van der Waals surface area (Å²) < 4.78 is 10.5. The number of carbonyl (C=O) groups is 1. The molecule has 0 bridgehead atoms. The molecular weight excluding hydrogens is 412 g/mol. The first kappa shape index (κ1) is 22.9. The molecule has 11 nitrogen and oxygen atoms in total. The van der Waals surface area contributed by atoms with E-state index in [9.17, 15) is 4.79 Å². The molecule has 4 N–H and O–H groups in total. The third-order valence-corrected chi connectivity index (χ3v) is 4.92. The standard InChI is InChI=1S/C21H28N8O3/c1-3-4-8-23-20-16(17(7-9-32-13-30)24-21(22)25-20)12-15-10-14(5-6-18(15)31-2)11-19-26-28-29-27-19/h5-6,10,13H,3-4,7-9,11-12H2,1-2H3,(H3,22,23,24,25)(H,26,27,28,29). The van der Waals surface area contributed by atoms with Gasteiger partial charge in [-0.25, -0.2) is 4.98 Å². The Morgan fingerprint density at radius 2 is 2.12 bits per heavy atom. The summed E-state index contributed by atoms with van der Waals surface area (Å²) in [5.74, 6) is 2.20. The predicted octanol–water partition coefficient (Wildman–Crippen LogP) is 1.69. The van der Waals surface area contributed by atoms with Gasteiger partial charge in [0.15, 0.2) is 5.82 Å². The molecule has 3 aromatic rings. The Hall–Kier alpha value is -3.76. The number of ether oxygens (including phenoxy) is 2. The molecule has 0 unspecified atom stereocenters. The number of nitrogen functional groups attached to an aromatic ring is 1. The van der Waals surface area contributed by atoms with Crippen LogP contribution in [0.2, 0.25) is 0 Å². The molecule has 2 heterocycles. The fourth-order valence-corrected chi connectivity index (χ4v) is 3.39. The fraction of sp³-hybridized carbons (Fsp3) is 0.429. The Morgan fingerprint density at radius 3 is 2.84 bits per heavy atom. The van der Waals surface area contributed by atoms with Crippen molar-refractivity contribution in [3.05, 3.63) is 46.4 Å². The highest BCUT2D eigenvalue weighted by molar-refractivity contribution is 5.54. The van der Waals surface area contributed by atoms with Crippen molar-refractivity contribution in [2.75, 3.05) is 31.3 Å². The van der Waals surface area contributed by atoms with E-state index < -0.39 is 0 Å². The van der Waals surface area contributed by atoms with Crippen molar-refractivity contribution in [2.45, 2.75) is 39.0 Å². The van der Waals surface area contributed by atoms with E-state index in [0.717, 1.165) is 47.5 Å². The lowest BCUT2D eigenvalue weighted by molar-refractivity contribution is -0.128. The van der Waals surface area contributed by atoms with Crippen LogP contribution in [0.3, 0.4) is 0 Å². The van der Waals surface area contributed by atoms with E-state index in [1.165, 1.54) is 0 Å². The van der Waals surface area contributed by atoms with Gasteiger partial charge >= 0.3 is 0 Å². The van der Waals surface area contributed by atoms with Crippen LogP contribution in [0.1, 0.15) is 48.0 Å². The van der Waals surface area contributed by atoms with Gasteiger partial charge in [0, 0.05) is 31.4 Å². The van der Waals surface area contributed by atoms with Crippen LogP contribution in [0.4, 0.5) is 11.8 Å². The summed E-state index contributed by atoms with van der Waals surface area (Å²) in [4.78, 5) is 19.5. The molecule has 32 heavy (non-hydrogen) atoms. The second kappa shape index (κ2) is 11.6. The molecule has 11 heteroatoms. The number of carbonyl (C=O) groups excluding carboxylic acids is 1. The zero-order valence-corrected chi connectivity index (χ0v) is 18.3. The van der Waals surface area contributed by atoms with Gasteiger partial charge in [-0.3, -0.25) is 4.79 Å². The number of nitrogens with one attached hydrogen (secondary N) is 2. The molecule has 3 rings (SSSR count). The van der Waals surface area contributed by atoms with E-state index in [0.29, 0.717) is 37.4 Å². The normalized spacial score (nSPS) is 10.7. The highest BCUT2D eigenvalue weighted by Crippen LogP contribution is 2.28. The van der Waals surface area contributed by atoms with Gasteiger partial charge < -0.3 is 20.5 Å². The smallest absolute Gasteiger partial charge is 0.293 e. The molecule has 0 amide bonds. The molecule has 0 saturated heterocycles. The molecule has 0 atom stereocenters. The van der Waals surface area contributed by atoms with Crippen molar-refractivity contribution in [3.63, 3.8) is 0 Å². The maximum Gasteiger partial charge on any atom is 0.293 e. The molecule has 0 spiro atoms. The van der Waals surface area contributed by atoms with E-state index in [4.69, 9.17) is 15.2 Å². The van der Waals surface area contributed by atoms with E-state index in [2.05, 4.69) is 42.8 Å². The number of aromatic amines is 1. The van der Waals surface area contributed by atoms with E-state index >= 15 is 0 Å². The van der Waals surface area contributed by atoms with Gasteiger partial charge in [0.1, 0.15) is 11.6 Å². The summed E-state index contributed by atoms with van der Waals surface area (Å²) in [6.45, 7) is 3.52. The van der Waals surface area contributed by atoms with Crippen LogP contribution in [0.25, 0.3) is 0 Å². The third kappa shape index (κ3) is 6.13. The van der Waals surface area contributed by atoms with Crippen LogP contribution >= 0.6 is 0 Å². The minimum absolute atomic E-state index is 0.173. The first-order valence-electron chi connectivity index (χ1n) is 10.5. The van der Waals surface area contributed by atoms with Crippen LogP contribution < -0.4 is 15.8 Å². The number of benzene rings is 1. The number of methoxy groups -OCH3 is 1. The fourth-order valence-electron chi connectivity index (χ4n) is 3.39. The number of unbranched alkanes of at least 4 members (excludes halogenated alkanes) is 1. The number of rotatable bonds is 13. The molecule has 0 radical (unpaired) electrons. The van der Waals surface area contributed by atoms with Crippen molar-refractivity contribution in [3.8, 4) is 5.75 Å². The average Bonchev–Trinajstić information content (AvgIpc) is 3.29. The van der Waals surface area contributed by atoms with E-state index in [1.807, 2.05) is 18.2 Å². The maximum atomic E-state index is 10.6. The zero-order valence-electron chi connectivity index (χ0n) is 18.3. The molecule has 0 aliphatic heterocycles. The first-order chi connectivity index (χ1) is 15.6. The SMILES string of the molecule is CCCCNc1nc(N)nc(CCOC=O)c1Cc1cc(Cc2nn[nH]n2)ccc1OC. The first-order valence-corrected chi connectivity index (χ1v) is 10.5. The van der Waals surface area contributed by atoms with E-state index in [-0.39, 0.29) is 12.6 Å². The summed E-state index contributed by atoms with van der Waals surface area (Å²) in [7, 11) is 1.64. The van der Waals surface area contributed by atoms with Crippen molar-refractivity contribution in [2.24, 2.45) is 0 Å². The molecule has 1 aromatic carbocycles. The minimum Gasteiger partial charge on any atom is -0.496 e. The largest absolute Gasteiger partial charge is 0.496 e. The number of hydrogen-bond acceptors (Lipinski definition) is 10. The molecule has 170 valence electrons. The van der Waals surface area contributed by atoms with Gasteiger partial charge in [0.2, 0.25) is 5.95 Å². The highest BCUT2D eigenvalue weighted by Gasteiger charge is 2.17. The summed E-state index contributed by atoms with van der Waals surface area (Å²) in [6, 6.07) is 5.94. The number of hydrogen-bond donors (Lipinski definition) is 3. The minimum atomic E-state index is 0.173. The summed E-state index contributed by atoms with van der Waals surface area (Å²) in [5, 5.41) is 17.5. The molecule has 0 fully saturated rings. The van der Waals surface area contributed by atoms with Crippen LogP contribution in [0.5, 0.6) is 5.75 Å². The average molecular weight is 441 g/mol. The molecule has 2 aromatic heterocycles. The Labute approximate surface area is 186 Å². The summed E-state index contributed by atoms with van der Waals surface area (Å²) >= 11 is 0. The zero-order chi connectivity index (χ0) is 22.8. The number of H-pyrrole nitrogens is 1. The Bertz CT molecular complexity index is 1010. The molecular formula is C21H28N8O3. The summed E-state index contributed by atoms with van der Waals surface area (Å²) in [6.07, 6.45) is 3.52. The predicted molar refractivity (Wildman–Crippen MR) is 118 cm³/mol. The van der Waals surface area contributed by atoms with Gasteiger partial charge in [-0.15, -0.1) is 10.2 Å². The molecule has 0 aliphatic carbocycles. The van der Waals surface area contributed by atoms with Crippen LogP contribution in [0, 0.1) is 0 Å². The topological polar surface area (TPSA) is 154 Å². The monoisotopic (exact) mass is 440 g/mol. The van der Waals surface area contributed by atoms with Gasteiger partial charge in [0.25, 0.3) is 6.47 Å². The Balaban J connectivity index is 1.96. The van der Waals surface area contributed by atoms with Crippen molar-refractivity contribution >= 4 is 18.2 Å². The van der Waals surface area contributed by atoms with Gasteiger partial charge in [-0.05, 0) is 23.6 Å². The number of aromatic nitrogens is 6. The van der Waals surface area contributed by atoms with Crippen molar-refractivity contribution in [1.29, 1.82) is 0 Å². The van der Waals surface area contributed by atoms with Crippen molar-refractivity contribution in [1.82, 2.24) is 30.6 Å². The van der Waals surface area contributed by atoms with Gasteiger partial charge in [-0.1, -0.05) is 30.7 Å². The number of tetrazole rings is 1. The van der Waals surface area contributed by atoms with E-state index in [1.54, 1.807) is 7.11 Å². The molecule has 0 saturated carbocycles.